The van der Waals surface area contributed by atoms with E-state index in [0.29, 0.717) is 0 Å². The zero-order valence-corrected chi connectivity index (χ0v) is 14.7. The highest BCUT2D eigenvalue weighted by Gasteiger charge is 2.28. The first-order valence-corrected chi connectivity index (χ1v) is 8.66. The summed E-state index contributed by atoms with van der Waals surface area (Å²) in [5, 5.41) is 3.25. The van der Waals surface area contributed by atoms with E-state index in [1.165, 1.54) is 0 Å². The number of benzene rings is 1. The van der Waals surface area contributed by atoms with Gasteiger partial charge in [-0.25, -0.2) is 4.98 Å². The van der Waals surface area contributed by atoms with Crippen molar-refractivity contribution in [2.24, 2.45) is 0 Å². The van der Waals surface area contributed by atoms with Gasteiger partial charge in [0, 0.05) is 25.2 Å². The van der Waals surface area contributed by atoms with Gasteiger partial charge in [-0.2, -0.15) is 0 Å². The van der Waals surface area contributed by atoms with Gasteiger partial charge in [0.15, 0.2) is 0 Å². The lowest BCUT2D eigenvalue weighted by atomic mass is 10.0. The Balaban J connectivity index is 1.72. The summed E-state index contributed by atoms with van der Waals surface area (Å²) in [7, 11) is 2.00. The summed E-state index contributed by atoms with van der Waals surface area (Å²) >= 11 is 0. The van der Waals surface area contributed by atoms with E-state index in [1.54, 1.807) is 0 Å². The van der Waals surface area contributed by atoms with Crippen LogP contribution in [0.2, 0.25) is 0 Å². The fraction of sp³-hybridized carbons (Fsp3) is 0.474. The van der Waals surface area contributed by atoms with Crippen molar-refractivity contribution in [3.63, 3.8) is 0 Å². The number of fused-ring (bicyclic) bond motifs is 1. The number of carbonyl (C=O) groups is 1. The molecule has 0 saturated heterocycles. The number of rotatable bonds is 5. The molecule has 2 atom stereocenters. The number of nitrogens with zero attached hydrogens (tertiary/aromatic N) is 3. The molecular formula is C19H26N4O. The summed E-state index contributed by atoms with van der Waals surface area (Å²) in [6.07, 6.45) is 3.93. The maximum Gasteiger partial charge on any atom is 0.242 e. The van der Waals surface area contributed by atoms with E-state index in [-0.39, 0.29) is 18.0 Å². The van der Waals surface area contributed by atoms with Crippen molar-refractivity contribution < 1.29 is 4.79 Å². The Morgan fingerprint density at radius 1 is 1.42 bits per heavy atom. The Morgan fingerprint density at radius 3 is 2.88 bits per heavy atom. The molecule has 1 aliphatic heterocycles. The van der Waals surface area contributed by atoms with E-state index in [0.717, 1.165) is 43.0 Å². The van der Waals surface area contributed by atoms with E-state index >= 15 is 0 Å². The zero-order chi connectivity index (χ0) is 17.1. The van der Waals surface area contributed by atoms with Crippen LogP contribution in [0.15, 0.2) is 36.5 Å². The van der Waals surface area contributed by atoms with Crippen LogP contribution in [0.1, 0.15) is 36.5 Å². The number of hydrogen-bond acceptors (Lipinski definition) is 3. The van der Waals surface area contributed by atoms with Crippen molar-refractivity contribution in [3.8, 4) is 0 Å². The summed E-state index contributed by atoms with van der Waals surface area (Å²) in [5.41, 5.74) is 2.08. The molecule has 2 aromatic rings. The summed E-state index contributed by atoms with van der Waals surface area (Å²) < 4.78 is 2.17. The second-order valence-corrected chi connectivity index (χ2v) is 6.58. The first-order valence-electron chi connectivity index (χ1n) is 8.66. The minimum atomic E-state index is -0.248. The smallest absolute Gasteiger partial charge is 0.242 e. The number of aromatic nitrogens is 2. The average molecular weight is 326 g/mol. The van der Waals surface area contributed by atoms with Crippen molar-refractivity contribution in [2.45, 2.75) is 45.3 Å². The third-order valence-electron chi connectivity index (χ3n) is 4.76. The van der Waals surface area contributed by atoms with Gasteiger partial charge in [-0.05, 0) is 32.5 Å². The predicted octanol–water partition coefficient (Wildman–Crippen LogP) is 2.32. The van der Waals surface area contributed by atoms with Gasteiger partial charge in [0.1, 0.15) is 11.9 Å². The van der Waals surface area contributed by atoms with Crippen molar-refractivity contribution in [1.29, 1.82) is 0 Å². The monoisotopic (exact) mass is 326 g/mol. The quantitative estimate of drug-likeness (QED) is 0.917. The van der Waals surface area contributed by atoms with Gasteiger partial charge in [0.25, 0.3) is 0 Å². The van der Waals surface area contributed by atoms with Crippen molar-refractivity contribution in [1.82, 2.24) is 19.8 Å². The summed E-state index contributed by atoms with van der Waals surface area (Å²) in [4.78, 5) is 19.6. The maximum absolute atomic E-state index is 13.0. The van der Waals surface area contributed by atoms with Gasteiger partial charge in [-0.1, -0.05) is 37.3 Å². The Morgan fingerprint density at radius 2 is 2.17 bits per heavy atom. The third kappa shape index (κ3) is 3.51. The molecule has 0 unspecified atom stereocenters. The van der Waals surface area contributed by atoms with E-state index in [9.17, 15) is 4.79 Å². The molecule has 1 aliphatic rings. The van der Waals surface area contributed by atoms with Gasteiger partial charge in [-0.3, -0.25) is 9.69 Å². The van der Waals surface area contributed by atoms with Crippen LogP contribution < -0.4 is 5.32 Å². The minimum absolute atomic E-state index is 0.0795. The van der Waals surface area contributed by atoms with Crippen molar-refractivity contribution >= 4 is 5.91 Å². The molecule has 0 spiro atoms. The van der Waals surface area contributed by atoms with Crippen LogP contribution in [0.5, 0.6) is 0 Å². The standard InChI is InChI=1S/C19H26N4O/c1-4-22(3)18(15-8-6-5-7-9-15)19(24)21-16-10-11-17-20-14(2)12-23(17)13-16/h5-9,12,16,18H,4,10-11,13H2,1-3H3,(H,21,24)/t16-,18+/m1/s1. The number of imidazole rings is 1. The Hall–Kier alpha value is -2.14. The van der Waals surface area contributed by atoms with Crippen LogP contribution >= 0.6 is 0 Å². The molecule has 5 heteroatoms. The largest absolute Gasteiger partial charge is 0.350 e. The SMILES string of the molecule is CCN(C)[C@H](C(=O)N[C@@H]1CCc2nc(C)cn2C1)c1ccccc1. The second-order valence-electron chi connectivity index (χ2n) is 6.58. The number of hydrogen-bond donors (Lipinski definition) is 1. The highest BCUT2D eigenvalue weighted by molar-refractivity contribution is 5.83. The van der Waals surface area contributed by atoms with E-state index in [1.807, 2.05) is 44.3 Å². The molecule has 2 heterocycles. The highest BCUT2D eigenvalue weighted by atomic mass is 16.2. The zero-order valence-electron chi connectivity index (χ0n) is 14.7. The molecule has 1 N–H and O–H groups in total. The van der Waals surface area contributed by atoms with Crippen LogP contribution in [-0.2, 0) is 17.8 Å². The second kappa shape index (κ2) is 7.18. The number of nitrogens with one attached hydrogen (secondary N) is 1. The predicted molar refractivity (Wildman–Crippen MR) is 94.7 cm³/mol. The van der Waals surface area contributed by atoms with Gasteiger partial charge in [0.05, 0.1) is 5.69 Å². The highest BCUT2D eigenvalue weighted by Crippen LogP contribution is 2.21. The lowest BCUT2D eigenvalue weighted by Crippen LogP contribution is -2.46. The maximum atomic E-state index is 13.0. The molecule has 0 bridgehead atoms. The van der Waals surface area contributed by atoms with Crippen LogP contribution in [0, 0.1) is 6.92 Å². The minimum Gasteiger partial charge on any atom is -0.350 e. The number of aryl methyl sites for hydroxylation is 2. The van der Waals surface area contributed by atoms with Crippen LogP contribution in [0.4, 0.5) is 0 Å². The number of amides is 1. The van der Waals surface area contributed by atoms with E-state index < -0.39 is 0 Å². The molecular weight excluding hydrogens is 300 g/mol. The van der Waals surface area contributed by atoms with Gasteiger partial charge < -0.3 is 9.88 Å². The van der Waals surface area contributed by atoms with Crippen molar-refractivity contribution in [3.05, 3.63) is 53.6 Å². The molecule has 0 fully saturated rings. The number of carbonyl (C=O) groups excluding carboxylic acids is 1. The summed E-state index contributed by atoms with van der Waals surface area (Å²) in [6.45, 7) is 5.71. The fourth-order valence-electron chi connectivity index (χ4n) is 3.41. The molecule has 5 nitrogen and oxygen atoms in total. The summed E-state index contributed by atoms with van der Waals surface area (Å²) in [6, 6.07) is 9.91. The van der Waals surface area contributed by atoms with Crippen LogP contribution in [-0.4, -0.2) is 40.0 Å². The fourth-order valence-corrected chi connectivity index (χ4v) is 3.41. The molecule has 1 aromatic heterocycles. The molecule has 0 radical (unpaired) electrons. The normalized spacial score (nSPS) is 18.2. The van der Waals surface area contributed by atoms with Gasteiger partial charge in [-0.15, -0.1) is 0 Å². The average Bonchev–Trinajstić information content (AvgIpc) is 2.95. The number of likely N-dealkylation sites (N-methyl/N-ethyl adjacent to an activating group) is 1. The molecule has 0 aliphatic carbocycles. The molecule has 1 amide bonds. The molecule has 1 aromatic carbocycles. The lowest BCUT2D eigenvalue weighted by Gasteiger charge is -2.30. The lowest BCUT2D eigenvalue weighted by molar-refractivity contribution is -0.127. The topological polar surface area (TPSA) is 50.2 Å². The third-order valence-corrected chi connectivity index (χ3v) is 4.76. The molecule has 128 valence electrons. The Labute approximate surface area is 143 Å². The van der Waals surface area contributed by atoms with E-state index in [2.05, 4.69) is 32.9 Å². The molecule has 3 rings (SSSR count). The van der Waals surface area contributed by atoms with Crippen molar-refractivity contribution in [2.75, 3.05) is 13.6 Å². The van der Waals surface area contributed by atoms with Gasteiger partial charge in [0.2, 0.25) is 5.91 Å². The van der Waals surface area contributed by atoms with Gasteiger partial charge >= 0.3 is 0 Å². The first-order chi connectivity index (χ1) is 11.6. The molecule has 0 saturated carbocycles. The Kier molecular flexibility index (Phi) is 5.00. The Bertz CT molecular complexity index is 695. The van der Waals surface area contributed by atoms with Crippen LogP contribution in [0.3, 0.4) is 0 Å². The van der Waals surface area contributed by atoms with Crippen LogP contribution in [0.25, 0.3) is 0 Å². The summed E-state index contributed by atoms with van der Waals surface area (Å²) in [5.74, 6) is 1.21. The molecule has 24 heavy (non-hydrogen) atoms. The first kappa shape index (κ1) is 16.7. The van der Waals surface area contributed by atoms with E-state index in [4.69, 9.17) is 0 Å².